The third-order valence-electron chi connectivity index (χ3n) is 4.45. The Balaban J connectivity index is 2.15. The van der Waals surface area contributed by atoms with Gasteiger partial charge in [-0.3, -0.25) is 4.79 Å². The summed E-state index contributed by atoms with van der Waals surface area (Å²) in [5, 5.41) is 17.0. The number of amides is 2. The van der Waals surface area contributed by atoms with Crippen LogP contribution in [0.5, 0.6) is 0 Å². The summed E-state index contributed by atoms with van der Waals surface area (Å²) in [5.41, 5.74) is -1.63. The molecule has 3 rings (SSSR count). The van der Waals surface area contributed by atoms with Crippen molar-refractivity contribution < 1.29 is 14.7 Å². The average Bonchev–Trinajstić information content (AvgIpc) is 2.61. The molecule has 2 amide bonds. The van der Waals surface area contributed by atoms with Crippen LogP contribution in [0.2, 0.25) is 15.1 Å². The molecule has 0 spiro atoms. The predicted molar refractivity (Wildman–Crippen MR) is 111 cm³/mol. The monoisotopic (exact) mass is 480 g/mol. The number of carbonyl (C=O) groups excluding carboxylic acids is 2. The molecule has 5 nitrogen and oxygen atoms in total. The molecular weight excluding hydrogens is 469 g/mol. The van der Waals surface area contributed by atoms with Gasteiger partial charge in [-0.1, -0.05) is 64.1 Å². The quantitative estimate of drug-likeness (QED) is 0.424. The highest BCUT2D eigenvalue weighted by atomic mass is 35.5. The number of ketones is 1. The minimum atomic E-state index is -2.25. The van der Waals surface area contributed by atoms with Gasteiger partial charge in [-0.2, -0.15) is 0 Å². The van der Waals surface area contributed by atoms with E-state index in [1.54, 1.807) is 12.1 Å². The number of hydrogen-bond acceptors (Lipinski definition) is 3. The maximum atomic E-state index is 13.3. The lowest BCUT2D eigenvalue weighted by Crippen LogP contribution is -2.69. The van der Waals surface area contributed by atoms with Crippen LogP contribution < -0.4 is 10.6 Å². The van der Waals surface area contributed by atoms with Crippen LogP contribution in [0.15, 0.2) is 42.5 Å². The molecule has 0 radical (unpaired) electrons. The minimum Gasteiger partial charge on any atom is -0.368 e. The molecule has 1 aliphatic heterocycles. The Kier molecular flexibility index (Phi) is 6.35. The molecule has 0 bridgehead atoms. The number of nitrogens with one attached hydrogen (secondary N) is 2. The first-order valence-electron chi connectivity index (χ1n) is 7.97. The number of benzene rings is 2. The van der Waals surface area contributed by atoms with Crippen molar-refractivity contribution in [3.8, 4) is 0 Å². The number of aliphatic hydroxyl groups is 1. The van der Waals surface area contributed by atoms with Crippen LogP contribution in [0.4, 0.5) is 4.79 Å². The number of Topliss-reactive ketones (excluding diaryl/α,β-unsaturated/α-hetero) is 1. The van der Waals surface area contributed by atoms with Crippen LogP contribution in [0.3, 0.4) is 0 Å². The van der Waals surface area contributed by atoms with E-state index in [1.165, 1.54) is 30.3 Å². The van der Waals surface area contributed by atoms with E-state index >= 15 is 0 Å². The van der Waals surface area contributed by atoms with Crippen molar-refractivity contribution >= 4 is 69.8 Å². The zero-order valence-corrected chi connectivity index (χ0v) is 17.7. The molecule has 0 aromatic heterocycles. The Morgan fingerprint density at radius 1 is 1.04 bits per heavy atom. The smallest absolute Gasteiger partial charge is 0.317 e. The highest BCUT2D eigenvalue weighted by Gasteiger charge is 2.55. The molecular formula is C18H13Cl5N2O3. The number of carbonyl (C=O) groups is 2. The molecule has 0 saturated carbocycles. The summed E-state index contributed by atoms with van der Waals surface area (Å²) < 4.78 is 0. The lowest BCUT2D eigenvalue weighted by molar-refractivity contribution is -0.0413. The largest absolute Gasteiger partial charge is 0.368 e. The fraction of sp³-hybridized carbons (Fsp3) is 0.222. The van der Waals surface area contributed by atoms with Gasteiger partial charge in [0.15, 0.2) is 16.3 Å². The number of halogens is 5. The van der Waals surface area contributed by atoms with Crippen LogP contribution in [0, 0.1) is 5.92 Å². The highest BCUT2D eigenvalue weighted by molar-refractivity contribution is 6.45. The first kappa shape index (κ1) is 21.5. The van der Waals surface area contributed by atoms with Crippen molar-refractivity contribution in [1.29, 1.82) is 0 Å². The average molecular weight is 483 g/mol. The Labute approximate surface area is 185 Å². The van der Waals surface area contributed by atoms with Crippen LogP contribution in [-0.2, 0) is 0 Å². The van der Waals surface area contributed by atoms with Crippen LogP contribution in [-0.4, -0.2) is 27.5 Å². The molecule has 2 aromatic rings. The van der Waals surface area contributed by atoms with Gasteiger partial charge < -0.3 is 15.7 Å². The Bertz CT molecular complexity index is 922. The summed E-state index contributed by atoms with van der Waals surface area (Å²) >= 11 is 30.1. The van der Waals surface area contributed by atoms with Gasteiger partial charge in [0.2, 0.25) is 0 Å². The summed E-state index contributed by atoms with van der Waals surface area (Å²) in [7, 11) is 0. The van der Waals surface area contributed by atoms with Gasteiger partial charge >= 0.3 is 6.03 Å². The minimum absolute atomic E-state index is 0.205. The van der Waals surface area contributed by atoms with Crippen LogP contribution in [0.1, 0.15) is 22.0 Å². The molecule has 3 atom stereocenters. The van der Waals surface area contributed by atoms with E-state index in [-0.39, 0.29) is 10.6 Å². The van der Waals surface area contributed by atoms with Gasteiger partial charge in [-0.15, -0.1) is 0 Å². The van der Waals surface area contributed by atoms with Crippen molar-refractivity contribution in [3.63, 3.8) is 0 Å². The summed E-state index contributed by atoms with van der Waals surface area (Å²) in [6.07, 6.45) is 0. The first-order valence-corrected chi connectivity index (χ1v) is 9.98. The molecule has 0 aliphatic carbocycles. The fourth-order valence-electron chi connectivity index (χ4n) is 3.12. The van der Waals surface area contributed by atoms with Gasteiger partial charge in [-0.05, 0) is 42.0 Å². The lowest BCUT2D eigenvalue weighted by Gasteiger charge is -2.45. The summed E-state index contributed by atoms with van der Waals surface area (Å²) in [5.74, 6) is -1.82. The molecule has 28 heavy (non-hydrogen) atoms. The Morgan fingerprint density at radius 3 is 2.21 bits per heavy atom. The van der Waals surface area contributed by atoms with E-state index < -0.39 is 34.3 Å². The van der Waals surface area contributed by atoms with E-state index in [9.17, 15) is 14.7 Å². The predicted octanol–water partition coefficient (Wildman–Crippen LogP) is 4.99. The van der Waals surface area contributed by atoms with Crippen LogP contribution >= 0.6 is 58.0 Å². The van der Waals surface area contributed by atoms with Gasteiger partial charge in [0.25, 0.3) is 0 Å². The Morgan fingerprint density at radius 2 is 1.64 bits per heavy atom. The lowest BCUT2D eigenvalue weighted by atomic mass is 9.78. The molecule has 1 fully saturated rings. The van der Waals surface area contributed by atoms with Crippen molar-refractivity contribution in [2.45, 2.75) is 16.6 Å². The number of alkyl halides is 2. The molecule has 3 unspecified atom stereocenters. The molecule has 1 aliphatic rings. The first-order chi connectivity index (χ1) is 13.1. The van der Waals surface area contributed by atoms with E-state index in [4.69, 9.17) is 58.0 Å². The molecule has 10 heteroatoms. The van der Waals surface area contributed by atoms with Gasteiger partial charge in [0.05, 0.1) is 12.0 Å². The third-order valence-corrected chi connectivity index (χ3v) is 5.93. The number of rotatable bonds is 4. The van der Waals surface area contributed by atoms with Gasteiger partial charge in [-0.25, -0.2) is 4.79 Å². The van der Waals surface area contributed by atoms with E-state index in [0.717, 1.165) is 0 Å². The maximum Gasteiger partial charge on any atom is 0.317 e. The molecule has 3 N–H and O–H groups in total. The summed E-state index contributed by atoms with van der Waals surface area (Å²) in [6, 6.07) is 8.86. The highest BCUT2D eigenvalue weighted by Crippen LogP contribution is 2.42. The van der Waals surface area contributed by atoms with E-state index in [1.807, 2.05) is 0 Å². The van der Waals surface area contributed by atoms with Crippen molar-refractivity contribution in [3.05, 3.63) is 68.7 Å². The van der Waals surface area contributed by atoms with Crippen molar-refractivity contribution in [1.82, 2.24) is 10.6 Å². The summed E-state index contributed by atoms with van der Waals surface area (Å²) in [4.78, 5) is 24.0. The second-order valence-corrected chi connectivity index (χ2v) is 8.59. The normalized spacial score (nSPS) is 24.6. The third kappa shape index (κ3) is 4.06. The van der Waals surface area contributed by atoms with Crippen LogP contribution in [0.25, 0.3) is 0 Å². The van der Waals surface area contributed by atoms with E-state index in [2.05, 4.69) is 10.6 Å². The fourth-order valence-corrected chi connectivity index (χ4v) is 4.15. The van der Waals surface area contributed by atoms with Gasteiger partial charge in [0, 0.05) is 20.6 Å². The zero-order valence-electron chi connectivity index (χ0n) is 13.9. The van der Waals surface area contributed by atoms with Crippen molar-refractivity contribution in [2.24, 2.45) is 5.92 Å². The molecule has 1 heterocycles. The standard InChI is InChI=1S/C18H13Cl5N2O3/c19-9-3-1-8(2-4-9)15(26)13-14(11-6-5-10(20)7-12(11)21)24-17(27)25-18(13,28)16(22)23/h1-7,13-14,16,28H,(H2,24,25,27). The maximum absolute atomic E-state index is 13.3. The number of urea groups is 1. The topological polar surface area (TPSA) is 78.4 Å². The van der Waals surface area contributed by atoms with E-state index in [0.29, 0.717) is 15.6 Å². The molecule has 148 valence electrons. The Hall–Kier alpha value is -1.21. The number of hydrogen-bond donors (Lipinski definition) is 3. The SMILES string of the molecule is O=C1NC(c2ccc(Cl)cc2Cl)C(C(=O)c2ccc(Cl)cc2)C(O)(C(Cl)Cl)N1. The van der Waals surface area contributed by atoms with Gasteiger partial charge in [0.1, 0.15) is 0 Å². The zero-order chi connectivity index (χ0) is 20.6. The second kappa shape index (κ2) is 8.27. The summed E-state index contributed by atoms with van der Waals surface area (Å²) in [6.45, 7) is 0. The molecule has 2 aromatic carbocycles. The molecule has 1 saturated heterocycles. The second-order valence-electron chi connectivity index (χ2n) is 6.22. The van der Waals surface area contributed by atoms with Crippen molar-refractivity contribution in [2.75, 3.05) is 0 Å².